The van der Waals surface area contributed by atoms with E-state index in [9.17, 15) is 0 Å². The maximum absolute atomic E-state index is 6.19. The van der Waals surface area contributed by atoms with E-state index in [1.807, 2.05) is 12.1 Å². The van der Waals surface area contributed by atoms with Gasteiger partial charge in [0.1, 0.15) is 0 Å². The van der Waals surface area contributed by atoms with Crippen LogP contribution in [0.15, 0.2) is 18.2 Å². The zero-order valence-electron chi connectivity index (χ0n) is 8.58. The summed E-state index contributed by atoms with van der Waals surface area (Å²) in [5.41, 5.74) is 7.12. The lowest BCUT2D eigenvalue weighted by atomic mass is 10.0. The van der Waals surface area contributed by atoms with Crippen molar-refractivity contribution in [2.45, 2.75) is 18.5 Å². The second-order valence-electron chi connectivity index (χ2n) is 4.02. The third kappa shape index (κ3) is 2.00. The minimum Gasteiger partial charge on any atom is -0.326 e. The van der Waals surface area contributed by atoms with Crippen molar-refractivity contribution in [3.63, 3.8) is 0 Å². The summed E-state index contributed by atoms with van der Waals surface area (Å²) in [5, 5.41) is 1.23. The molecule has 0 radical (unpaired) electrons. The molecule has 0 bridgehead atoms. The van der Waals surface area contributed by atoms with Crippen molar-refractivity contribution in [2.24, 2.45) is 5.73 Å². The fourth-order valence-electron chi connectivity index (χ4n) is 2.19. The highest BCUT2D eigenvalue weighted by atomic mass is 35.5. The average Bonchev–Trinajstić information content (AvgIpc) is 2.52. The Bertz CT molecular complexity index is 358. The molecule has 2 atom stereocenters. The first kappa shape index (κ1) is 11.2. The zero-order valence-corrected chi connectivity index (χ0v) is 10.1. The van der Waals surface area contributed by atoms with Crippen molar-refractivity contribution in [1.82, 2.24) is 4.90 Å². The molecule has 1 saturated heterocycles. The molecule has 82 valence electrons. The molecule has 1 aromatic carbocycles. The molecular weight excluding hydrogens is 231 g/mol. The van der Waals surface area contributed by atoms with Crippen LogP contribution in [-0.2, 0) is 0 Å². The summed E-state index contributed by atoms with van der Waals surface area (Å²) in [6, 6.07) is 6.05. The van der Waals surface area contributed by atoms with Crippen LogP contribution >= 0.6 is 23.2 Å². The number of likely N-dealkylation sites (tertiary alicyclic amines) is 1. The van der Waals surface area contributed by atoms with E-state index < -0.39 is 0 Å². The molecule has 2 unspecified atom stereocenters. The third-order valence-electron chi connectivity index (χ3n) is 3.00. The van der Waals surface area contributed by atoms with Crippen LogP contribution in [0, 0.1) is 0 Å². The van der Waals surface area contributed by atoms with E-state index in [1.165, 1.54) is 0 Å². The smallest absolute Gasteiger partial charge is 0.0640 e. The number of hydrogen-bond donors (Lipinski definition) is 1. The standard InChI is InChI=1S/C11H14Cl2N2/c1-15-6-5-9(14)11(15)7-3-2-4-8(12)10(7)13/h2-4,9,11H,5-6,14H2,1H3. The van der Waals surface area contributed by atoms with Gasteiger partial charge in [0.2, 0.25) is 0 Å². The van der Waals surface area contributed by atoms with Gasteiger partial charge < -0.3 is 5.73 Å². The summed E-state index contributed by atoms with van der Waals surface area (Å²) in [4.78, 5) is 2.22. The van der Waals surface area contributed by atoms with Gasteiger partial charge in [-0.1, -0.05) is 35.3 Å². The summed E-state index contributed by atoms with van der Waals surface area (Å²) in [6.07, 6.45) is 1.00. The van der Waals surface area contributed by atoms with Gasteiger partial charge in [0, 0.05) is 12.6 Å². The van der Waals surface area contributed by atoms with Crippen LogP contribution in [0.3, 0.4) is 0 Å². The summed E-state index contributed by atoms with van der Waals surface area (Å²) >= 11 is 12.2. The maximum atomic E-state index is 6.19. The monoisotopic (exact) mass is 244 g/mol. The Labute approximate surface area is 100.0 Å². The number of benzene rings is 1. The summed E-state index contributed by atoms with van der Waals surface area (Å²) in [6.45, 7) is 1.01. The molecule has 0 aliphatic carbocycles. The Morgan fingerprint density at radius 1 is 1.40 bits per heavy atom. The van der Waals surface area contributed by atoms with Gasteiger partial charge in [-0.2, -0.15) is 0 Å². The molecule has 2 N–H and O–H groups in total. The first-order valence-corrected chi connectivity index (χ1v) is 5.76. The largest absolute Gasteiger partial charge is 0.326 e. The summed E-state index contributed by atoms with van der Waals surface area (Å²) in [7, 11) is 2.06. The molecule has 1 heterocycles. The van der Waals surface area contributed by atoms with E-state index in [0.29, 0.717) is 10.0 Å². The Morgan fingerprint density at radius 3 is 2.73 bits per heavy atom. The van der Waals surface area contributed by atoms with Crippen molar-refractivity contribution in [3.05, 3.63) is 33.8 Å². The molecule has 2 nitrogen and oxygen atoms in total. The normalized spacial score (nSPS) is 27.2. The average molecular weight is 245 g/mol. The van der Waals surface area contributed by atoms with Gasteiger partial charge in [-0.3, -0.25) is 4.90 Å². The Hall–Kier alpha value is -0.280. The first-order valence-electron chi connectivity index (χ1n) is 5.01. The lowest BCUT2D eigenvalue weighted by Gasteiger charge is -2.24. The fraction of sp³-hybridized carbons (Fsp3) is 0.455. The highest BCUT2D eigenvalue weighted by Gasteiger charge is 2.31. The predicted molar refractivity (Wildman–Crippen MR) is 64.4 cm³/mol. The van der Waals surface area contributed by atoms with Crippen molar-refractivity contribution < 1.29 is 0 Å². The second-order valence-corrected chi connectivity index (χ2v) is 4.81. The van der Waals surface area contributed by atoms with Crippen molar-refractivity contribution >= 4 is 23.2 Å². The highest BCUT2D eigenvalue weighted by Crippen LogP contribution is 2.36. The van der Waals surface area contributed by atoms with E-state index in [1.54, 1.807) is 6.07 Å². The van der Waals surface area contributed by atoms with E-state index >= 15 is 0 Å². The van der Waals surface area contributed by atoms with E-state index in [0.717, 1.165) is 18.5 Å². The topological polar surface area (TPSA) is 29.3 Å². The molecule has 0 saturated carbocycles. The van der Waals surface area contributed by atoms with Crippen LogP contribution in [0.1, 0.15) is 18.0 Å². The molecule has 0 amide bonds. The van der Waals surface area contributed by atoms with Crippen LogP contribution in [0.25, 0.3) is 0 Å². The van der Waals surface area contributed by atoms with E-state index in [4.69, 9.17) is 28.9 Å². The number of hydrogen-bond acceptors (Lipinski definition) is 2. The van der Waals surface area contributed by atoms with Gasteiger partial charge in [0.25, 0.3) is 0 Å². The SMILES string of the molecule is CN1CCC(N)C1c1cccc(Cl)c1Cl. The van der Waals surface area contributed by atoms with Crippen LogP contribution < -0.4 is 5.73 Å². The minimum atomic E-state index is 0.144. The number of nitrogens with two attached hydrogens (primary N) is 1. The molecule has 0 spiro atoms. The molecule has 1 fully saturated rings. The van der Waals surface area contributed by atoms with E-state index in [-0.39, 0.29) is 12.1 Å². The Morgan fingerprint density at radius 2 is 2.13 bits per heavy atom. The molecule has 1 aliphatic rings. The number of nitrogens with zero attached hydrogens (tertiary/aromatic N) is 1. The summed E-state index contributed by atoms with van der Waals surface area (Å²) < 4.78 is 0. The van der Waals surface area contributed by atoms with E-state index in [2.05, 4.69) is 11.9 Å². The van der Waals surface area contributed by atoms with Gasteiger partial charge in [0.15, 0.2) is 0 Å². The Balaban J connectivity index is 2.40. The zero-order chi connectivity index (χ0) is 11.0. The lowest BCUT2D eigenvalue weighted by molar-refractivity contribution is 0.304. The van der Waals surface area contributed by atoms with Crippen molar-refractivity contribution in [1.29, 1.82) is 0 Å². The van der Waals surface area contributed by atoms with Crippen molar-refractivity contribution in [2.75, 3.05) is 13.6 Å². The molecule has 2 rings (SSSR count). The van der Waals surface area contributed by atoms with Crippen LogP contribution in [0.4, 0.5) is 0 Å². The highest BCUT2D eigenvalue weighted by molar-refractivity contribution is 6.42. The van der Waals surface area contributed by atoms with Gasteiger partial charge >= 0.3 is 0 Å². The second kappa shape index (κ2) is 4.30. The van der Waals surface area contributed by atoms with Gasteiger partial charge in [-0.25, -0.2) is 0 Å². The maximum Gasteiger partial charge on any atom is 0.0640 e. The molecule has 1 aliphatic heterocycles. The number of halogens is 2. The minimum absolute atomic E-state index is 0.144. The van der Waals surface area contributed by atoms with Crippen LogP contribution in [-0.4, -0.2) is 24.5 Å². The molecule has 1 aromatic rings. The van der Waals surface area contributed by atoms with Gasteiger partial charge in [-0.05, 0) is 25.1 Å². The Kier molecular flexibility index (Phi) is 3.21. The van der Waals surface area contributed by atoms with Crippen molar-refractivity contribution in [3.8, 4) is 0 Å². The van der Waals surface area contributed by atoms with Gasteiger partial charge in [0.05, 0.1) is 16.1 Å². The predicted octanol–water partition coefficient (Wildman–Crippen LogP) is 2.70. The van der Waals surface area contributed by atoms with Crippen LogP contribution in [0.2, 0.25) is 10.0 Å². The van der Waals surface area contributed by atoms with Crippen LogP contribution in [0.5, 0.6) is 0 Å². The number of likely N-dealkylation sites (N-methyl/N-ethyl adjacent to an activating group) is 1. The summed E-state index contributed by atoms with van der Waals surface area (Å²) in [5.74, 6) is 0. The molecule has 0 aromatic heterocycles. The first-order chi connectivity index (χ1) is 7.11. The quantitative estimate of drug-likeness (QED) is 0.824. The molecule has 4 heteroatoms. The number of rotatable bonds is 1. The fourth-order valence-corrected chi connectivity index (χ4v) is 2.61. The third-order valence-corrected chi connectivity index (χ3v) is 3.83. The lowest BCUT2D eigenvalue weighted by Crippen LogP contribution is -2.29. The van der Waals surface area contributed by atoms with Gasteiger partial charge in [-0.15, -0.1) is 0 Å². The molecule has 15 heavy (non-hydrogen) atoms. The molecular formula is C11H14Cl2N2.